The van der Waals surface area contributed by atoms with E-state index in [1.165, 1.54) is 0 Å². The molecule has 3 heterocycles. The van der Waals surface area contributed by atoms with Gasteiger partial charge in [-0.25, -0.2) is 4.98 Å². The van der Waals surface area contributed by atoms with Crippen LogP contribution in [0, 0.1) is 12.8 Å². The van der Waals surface area contributed by atoms with Crippen LogP contribution in [-0.4, -0.2) is 46.2 Å². The summed E-state index contributed by atoms with van der Waals surface area (Å²) < 4.78 is 0. The predicted octanol–water partition coefficient (Wildman–Crippen LogP) is 2.48. The maximum absolute atomic E-state index is 13.2. The lowest BCUT2D eigenvalue weighted by atomic mass is 9.92. The summed E-state index contributed by atoms with van der Waals surface area (Å²) in [4.78, 5) is 24.1. The van der Waals surface area contributed by atoms with Crippen LogP contribution in [0.15, 0.2) is 36.7 Å². The van der Waals surface area contributed by atoms with Crippen molar-refractivity contribution < 1.29 is 9.90 Å². The number of aliphatic hydroxyl groups excluding tert-OH is 1. The molecule has 1 aliphatic heterocycles. The summed E-state index contributed by atoms with van der Waals surface area (Å²) in [6.07, 6.45) is 3.70. The Balaban J connectivity index is 1.67. The van der Waals surface area contributed by atoms with Gasteiger partial charge in [0.15, 0.2) is 5.69 Å². The monoisotopic (exact) mass is 434 g/mol. The lowest BCUT2D eigenvalue weighted by Gasteiger charge is -2.41. The maximum Gasteiger partial charge on any atom is 0.276 e. The van der Waals surface area contributed by atoms with Crippen LogP contribution in [0.1, 0.15) is 35.5 Å². The Morgan fingerprint density at radius 3 is 2.78 bits per heavy atom. The van der Waals surface area contributed by atoms with Crippen LogP contribution in [-0.2, 0) is 6.42 Å². The van der Waals surface area contributed by atoms with Gasteiger partial charge in [0.05, 0.1) is 34.9 Å². The second-order valence-electron chi connectivity index (χ2n) is 8.65. The van der Waals surface area contributed by atoms with Crippen molar-refractivity contribution in [2.75, 3.05) is 29.0 Å². The first-order chi connectivity index (χ1) is 15.3. The zero-order valence-corrected chi connectivity index (χ0v) is 18.7. The van der Waals surface area contributed by atoms with Gasteiger partial charge in [0, 0.05) is 36.6 Å². The number of aliphatic hydroxyl groups is 1. The molecule has 8 heteroatoms. The number of fused-ring (bicyclic) bond motifs is 1. The number of hydrogen-bond acceptors (Lipinski definition) is 7. The molecule has 0 spiro atoms. The summed E-state index contributed by atoms with van der Waals surface area (Å²) in [6, 6.07) is 7.39. The van der Waals surface area contributed by atoms with Gasteiger partial charge in [-0.1, -0.05) is 26.0 Å². The fourth-order valence-corrected chi connectivity index (χ4v) is 4.38. The van der Waals surface area contributed by atoms with Crippen molar-refractivity contribution in [2.24, 2.45) is 11.7 Å². The molecule has 0 saturated carbocycles. The Bertz CT molecular complexity index is 1150. The number of nitrogen functional groups attached to an aromatic ring is 1. The number of nitrogens with one attached hydrogen (secondary N) is 1. The molecule has 3 unspecified atom stereocenters. The number of nitrogens with zero attached hydrogens (tertiary/aromatic N) is 3. The number of carbonyl (C=O) groups is 1. The summed E-state index contributed by atoms with van der Waals surface area (Å²) in [5.74, 6) is -0.394. The summed E-state index contributed by atoms with van der Waals surface area (Å²) in [5, 5.41) is 14.1. The molecule has 1 amide bonds. The second-order valence-corrected chi connectivity index (χ2v) is 8.65. The zero-order valence-electron chi connectivity index (χ0n) is 18.7. The number of piperidine rings is 1. The highest BCUT2D eigenvalue weighted by Crippen LogP contribution is 2.33. The van der Waals surface area contributed by atoms with Crippen LogP contribution in [0.25, 0.3) is 10.9 Å². The predicted molar refractivity (Wildman–Crippen MR) is 128 cm³/mol. The Labute approximate surface area is 187 Å². The van der Waals surface area contributed by atoms with E-state index in [0.717, 1.165) is 34.1 Å². The van der Waals surface area contributed by atoms with Gasteiger partial charge in [0.1, 0.15) is 0 Å². The summed E-state index contributed by atoms with van der Waals surface area (Å²) in [7, 11) is 0. The van der Waals surface area contributed by atoms with E-state index in [2.05, 4.69) is 27.1 Å². The van der Waals surface area contributed by atoms with Gasteiger partial charge in [-0.2, -0.15) is 0 Å². The summed E-state index contributed by atoms with van der Waals surface area (Å²) in [6.45, 7) is 7.09. The first kappa shape index (κ1) is 22.0. The third-order valence-electron chi connectivity index (χ3n) is 6.16. The van der Waals surface area contributed by atoms with Crippen molar-refractivity contribution in [1.82, 2.24) is 9.97 Å². The average Bonchev–Trinajstić information content (AvgIpc) is 2.76. The van der Waals surface area contributed by atoms with Crippen LogP contribution in [0.4, 0.5) is 17.1 Å². The number of benzene rings is 1. The fraction of sp³-hybridized carbons (Fsp3) is 0.375. The molecule has 3 atom stereocenters. The molecule has 0 bridgehead atoms. The van der Waals surface area contributed by atoms with E-state index in [1.807, 2.05) is 32.0 Å². The van der Waals surface area contributed by atoms with Crippen molar-refractivity contribution in [2.45, 2.75) is 39.3 Å². The van der Waals surface area contributed by atoms with E-state index in [0.29, 0.717) is 24.5 Å². The third-order valence-corrected chi connectivity index (χ3v) is 6.16. The van der Waals surface area contributed by atoms with E-state index in [-0.39, 0.29) is 17.7 Å². The van der Waals surface area contributed by atoms with Crippen molar-refractivity contribution in [3.8, 4) is 0 Å². The topological polar surface area (TPSA) is 130 Å². The second kappa shape index (κ2) is 8.72. The van der Waals surface area contributed by atoms with Gasteiger partial charge in [-0.15, -0.1) is 0 Å². The first-order valence-electron chi connectivity index (χ1n) is 10.9. The molecule has 1 fully saturated rings. The third kappa shape index (κ3) is 4.11. The van der Waals surface area contributed by atoms with E-state index >= 15 is 0 Å². The molecule has 4 rings (SSSR count). The van der Waals surface area contributed by atoms with E-state index in [9.17, 15) is 9.90 Å². The standard InChI is InChI=1S/C24H30N6O2/c1-4-15-5-6-16-8-17(25)21(28-19(16)7-15)24(32)29-20-10-27-9-13(2)22(20)30-11-14(3)23(31)18(26)12-30/h5-10,14,18,23,31H,4,11-12,25-26H2,1-3H3,(H,29,32). The Hall–Kier alpha value is -3.23. The van der Waals surface area contributed by atoms with Gasteiger partial charge in [-0.05, 0) is 36.6 Å². The lowest BCUT2D eigenvalue weighted by Crippen LogP contribution is -2.55. The fourth-order valence-electron chi connectivity index (χ4n) is 4.38. The highest BCUT2D eigenvalue weighted by atomic mass is 16.3. The number of pyridine rings is 2. The van der Waals surface area contributed by atoms with Crippen LogP contribution < -0.4 is 21.7 Å². The number of anilines is 3. The average molecular weight is 435 g/mol. The molecule has 1 saturated heterocycles. The van der Waals surface area contributed by atoms with Gasteiger partial charge in [0.2, 0.25) is 0 Å². The van der Waals surface area contributed by atoms with Crippen molar-refractivity contribution in [1.29, 1.82) is 0 Å². The summed E-state index contributed by atoms with van der Waals surface area (Å²) >= 11 is 0. The number of carbonyl (C=O) groups excluding carboxylic acids is 1. The Morgan fingerprint density at radius 2 is 2.06 bits per heavy atom. The van der Waals surface area contributed by atoms with Crippen molar-refractivity contribution >= 4 is 33.9 Å². The van der Waals surface area contributed by atoms with Crippen LogP contribution in [0.5, 0.6) is 0 Å². The molecule has 3 aromatic rings. The minimum atomic E-state index is -0.555. The molecule has 6 N–H and O–H groups in total. The molecule has 0 aliphatic carbocycles. The number of aryl methyl sites for hydroxylation is 2. The molecular weight excluding hydrogens is 404 g/mol. The van der Waals surface area contributed by atoms with Gasteiger partial charge >= 0.3 is 0 Å². The SMILES string of the molecule is CCc1ccc2cc(N)c(C(=O)Nc3cncc(C)c3N3CC(C)C(O)C(N)C3)nc2c1. The number of nitrogens with two attached hydrogens (primary N) is 2. The molecule has 1 aromatic carbocycles. The van der Waals surface area contributed by atoms with Gasteiger partial charge < -0.3 is 26.8 Å². The van der Waals surface area contributed by atoms with Crippen molar-refractivity contribution in [3.05, 3.63) is 53.5 Å². The minimum Gasteiger partial charge on any atom is -0.397 e. The van der Waals surface area contributed by atoms with E-state index < -0.39 is 12.0 Å². The molecule has 8 nitrogen and oxygen atoms in total. The Kier molecular flexibility index (Phi) is 5.99. The zero-order chi connectivity index (χ0) is 23.0. The molecular formula is C24H30N6O2. The normalized spacial score (nSPS) is 21.0. The number of hydrogen-bond donors (Lipinski definition) is 4. The largest absolute Gasteiger partial charge is 0.397 e. The molecule has 0 radical (unpaired) electrons. The number of rotatable bonds is 4. The molecule has 32 heavy (non-hydrogen) atoms. The first-order valence-corrected chi connectivity index (χ1v) is 10.9. The van der Waals surface area contributed by atoms with E-state index in [1.54, 1.807) is 18.5 Å². The smallest absolute Gasteiger partial charge is 0.276 e. The maximum atomic E-state index is 13.2. The molecule has 2 aromatic heterocycles. The number of aromatic nitrogens is 2. The van der Waals surface area contributed by atoms with Gasteiger partial charge in [-0.3, -0.25) is 9.78 Å². The minimum absolute atomic E-state index is 0.000396. The van der Waals surface area contributed by atoms with E-state index in [4.69, 9.17) is 11.5 Å². The Morgan fingerprint density at radius 1 is 1.28 bits per heavy atom. The number of amides is 1. The molecule has 168 valence electrons. The van der Waals surface area contributed by atoms with Crippen LogP contribution in [0.2, 0.25) is 0 Å². The van der Waals surface area contributed by atoms with Crippen molar-refractivity contribution in [3.63, 3.8) is 0 Å². The van der Waals surface area contributed by atoms with Crippen LogP contribution >= 0.6 is 0 Å². The highest BCUT2D eigenvalue weighted by Gasteiger charge is 2.32. The van der Waals surface area contributed by atoms with Crippen LogP contribution in [0.3, 0.4) is 0 Å². The highest BCUT2D eigenvalue weighted by molar-refractivity contribution is 6.09. The molecule has 1 aliphatic rings. The quantitative estimate of drug-likeness (QED) is 0.496. The summed E-state index contributed by atoms with van der Waals surface area (Å²) in [5.41, 5.74) is 17.0. The lowest BCUT2D eigenvalue weighted by molar-refractivity contribution is 0.0785. The van der Waals surface area contributed by atoms with Gasteiger partial charge in [0.25, 0.3) is 5.91 Å².